The number of aliphatic hydroxyl groups excluding tert-OH is 1. The van der Waals surface area contributed by atoms with Crippen molar-refractivity contribution >= 4 is 6.09 Å². The van der Waals surface area contributed by atoms with E-state index in [1.165, 1.54) is 0 Å². The number of likely N-dealkylation sites (N-methyl/N-ethyl adjacent to an activating group) is 1. The predicted molar refractivity (Wildman–Crippen MR) is 81.8 cm³/mol. The number of carbonyl (C=O) groups excluding carboxylic acids is 1. The summed E-state index contributed by atoms with van der Waals surface area (Å²) in [6.45, 7) is 16.1. The van der Waals surface area contributed by atoms with Crippen molar-refractivity contribution in [3.8, 4) is 0 Å². The zero-order valence-corrected chi connectivity index (χ0v) is 14.1. The Morgan fingerprint density at radius 2 is 1.80 bits per heavy atom. The van der Waals surface area contributed by atoms with Gasteiger partial charge in [-0.15, -0.1) is 0 Å². The van der Waals surface area contributed by atoms with Crippen LogP contribution in [0.3, 0.4) is 0 Å². The molecule has 0 bridgehead atoms. The average molecular weight is 288 g/mol. The van der Waals surface area contributed by atoms with Crippen LogP contribution in [0.1, 0.15) is 48.5 Å². The number of nitrogens with one attached hydrogen (secondary N) is 1. The third kappa shape index (κ3) is 8.38. The van der Waals surface area contributed by atoms with E-state index in [2.05, 4.69) is 31.0 Å². The third-order valence-corrected chi connectivity index (χ3v) is 3.04. The SMILES string of the molecule is CCN(CCO)CC(NC(=O)OC(C)(C)C)C(C)(C)C. The number of aliphatic hydroxyl groups is 1. The Kier molecular flexibility index (Phi) is 7.52. The largest absolute Gasteiger partial charge is 0.444 e. The number of rotatable bonds is 6. The summed E-state index contributed by atoms with van der Waals surface area (Å²) in [5, 5.41) is 12.0. The molecular formula is C15H32N2O3. The standard InChI is InChI=1S/C15H32N2O3/c1-8-17(9-10-18)11-12(14(2,3)4)16-13(19)20-15(5,6)7/h12,18H,8-11H2,1-7H3,(H,16,19). The molecule has 1 atom stereocenters. The van der Waals surface area contributed by atoms with Gasteiger partial charge < -0.3 is 15.2 Å². The van der Waals surface area contributed by atoms with Crippen LogP contribution >= 0.6 is 0 Å². The van der Waals surface area contributed by atoms with Gasteiger partial charge in [0.1, 0.15) is 5.60 Å². The maximum Gasteiger partial charge on any atom is 0.407 e. The number of alkyl carbamates (subject to hydrolysis) is 1. The van der Waals surface area contributed by atoms with Crippen LogP contribution in [0.15, 0.2) is 0 Å². The molecule has 0 radical (unpaired) electrons. The van der Waals surface area contributed by atoms with E-state index in [-0.39, 0.29) is 18.1 Å². The van der Waals surface area contributed by atoms with Crippen LogP contribution in [0.4, 0.5) is 4.79 Å². The van der Waals surface area contributed by atoms with Gasteiger partial charge in [0.15, 0.2) is 0 Å². The highest BCUT2D eigenvalue weighted by molar-refractivity contribution is 5.68. The van der Waals surface area contributed by atoms with Crippen molar-refractivity contribution in [2.75, 3.05) is 26.2 Å². The van der Waals surface area contributed by atoms with Crippen LogP contribution in [0.2, 0.25) is 0 Å². The summed E-state index contributed by atoms with van der Waals surface area (Å²) in [6.07, 6.45) is -0.391. The molecule has 1 unspecified atom stereocenters. The molecule has 2 N–H and O–H groups in total. The molecule has 0 aromatic heterocycles. The van der Waals surface area contributed by atoms with Crippen LogP contribution in [-0.4, -0.2) is 54.0 Å². The van der Waals surface area contributed by atoms with Crippen molar-refractivity contribution in [3.63, 3.8) is 0 Å². The van der Waals surface area contributed by atoms with Gasteiger partial charge in [0.05, 0.1) is 6.61 Å². The molecule has 1 amide bonds. The minimum absolute atomic E-state index is 0.0381. The summed E-state index contributed by atoms with van der Waals surface area (Å²) in [6, 6.07) is -0.0381. The lowest BCUT2D eigenvalue weighted by Crippen LogP contribution is -2.52. The summed E-state index contributed by atoms with van der Waals surface area (Å²) in [5.41, 5.74) is -0.582. The number of ether oxygens (including phenoxy) is 1. The van der Waals surface area contributed by atoms with E-state index in [0.717, 1.165) is 6.54 Å². The Bertz CT molecular complexity index is 292. The van der Waals surface area contributed by atoms with Crippen LogP contribution in [0.25, 0.3) is 0 Å². The summed E-state index contributed by atoms with van der Waals surface area (Å²) < 4.78 is 5.32. The molecular weight excluding hydrogens is 256 g/mol. The topological polar surface area (TPSA) is 61.8 Å². The van der Waals surface area contributed by atoms with Gasteiger partial charge in [-0.05, 0) is 32.7 Å². The normalized spacial score (nSPS) is 14.2. The van der Waals surface area contributed by atoms with Crippen LogP contribution in [-0.2, 0) is 4.74 Å². The van der Waals surface area contributed by atoms with Gasteiger partial charge in [0, 0.05) is 19.1 Å². The zero-order valence-electron chi connectivity index (χ0n) is 14.1. The van der Waals surface area contributed by atoms with Crippen molar-refractivity contribution in [1.82, 2.24) is 10.2 Å². The first-order valence-corrected chi connectivity index (χ1v) is 7.32. The van der Waals surface area contributed by atoms with Crippen molar-refractivity contribution in [2.24, 2.45) is 5.41 Å². The Labute approximate surface area is 123 Å². The van der Waals surface area contributed by atoms with Crippen molar-refractivity contribution in [1.29, 1.82) is 0 Å². The Morgan fingerprint density at radius 3 is 2.15 bits per heavy atom. The van der Waals surface area contributed by atoms with Gasteiger partial charge in [-0.1, -0.05) is 27.7 Å². The van der Waals surface area contributed by atoms with Gasteiger partial charge in [-0.25, -0.2) is 4.79 Å². The minimum atomic E-state index is -0.498. The Hall–Kier alpha value is -0.810. The lowest BCUT2D eigenvalue weighted by atomic mass is 9.86. The highest BCUT2D eigenvalue weighted by Crippen LogP contribution is 2.21. The van der Waals surface area contributed by atoms with Gasteiger partial charge in [0.25, 0.3) is 0 Å². The molecule has 0 aliphatic rings. The molecule has 0 aromatic rings. The second kappa shape index (κ2) is 7.84. The Morgan fingerprint density at radius 1 is 1.25 bits per heavy atom. The maximum atomic E-state index is 11.9. The van der Waals surface area contributed by atoms with E-state index < -0.39 is 11.7 Å². The molecule has 0 saturated carbocycles. The quantitative estimate of drug-likeness (QED) is 0.787. The molecule has 0 spiro atoms. The van der Waals surface area contributed by atoms with Gasteiger partial charge >= 0.3 is 6.09 Å². The first-order valence-electron chi connectivity index (χ1n) is 7.32. The number of carbonyl (C=O) groups is 1. The molecule has 0 rings (SSSR count). The number of hydrogen-bond donors (Lipinski definition) is 2. The molecule has 20 heavy (non-hydrogen) atoms. The summed E-state index contributed by atoms with van der Waals surface area (Å²) in [4.78, 5) is 14.1. The van der Waals surface area contributed by atoms with E-state index >= 15 is 0 Å². The fourth-order valence-corrected chi connectivity index (χ4v) is 1.76. The fourth-order valence-electron chi connectivity index (χ4n) is 1.76. The highest BCUT2D eigenvalue weighted by atomic mass is 16.6. The molecule has 0 fully saturated rings. The Balaban J connectivity index is 4.70. The zero-order chi connectivity index (χ0) is 16.0. The molecule has 0 heterocycles. The van der Waals surface area contributed by atoms with Crippen molar-refractivity contribution in [2.45, 2.75) is 60.1 Å². The fraction of sp³-hybridized carbons (Fsp3) is 0.933. The second-order valence-electron chi connectivity index (χ2n) is 7.18. The number of amides is 1. The molecule has 5 heteroatoms. The summed E-state index contributed by atoms with van der Waals surface area (Å²) in [5.74, 6) is 0. The predicted octanol–water partition coefficient (Wildman–Crippen LogP) is 2.24. The van der Waals surface area contributed by atoms with Gasteiger partial charge in [-0.3, -0.25) is 4.90 Å². The molecule has 0 aromatic carbocycles. The summed E-state index contributed by atoms with van der Waals surface area (Å²) >= 11 is 0. The van der Waals surface area contributed by atoms with Crippen LogP contribution in [0.5, 0.6) is 0 Å². The smallest absolute Gasteiger partial charge is 0.407 e. The maximum absolute atomic E-state index is 11.9. The van der Waals surface area contributed by atoms with Crippen molar-refractivity contribution in [3.05, 3.63) is 0 Å². The number of nitrogens with zero attached hydrogens (tertiary/aromatic N) is 1. The lowest BCUT2D eigenvalue weighted by Gasteiger charge is -2.35. The monoisotopic (exact) mass is 288 g/mol. The molecule has 0 saturated heterocycles. The van der Waals surface area contributed by atoms with Crippen molar-refractivity contribution < 1.29 is 14.6 Å². The molecule has 120 valence electrons. The van der Waals surface area contributed by atoms with Gasteiger partial charge in [0.2, 0.25) is 0 Å². The van der Waals surface area contributed by atoms with E-state index in [0.29, 0.717) is 13.1 Å². The second-order valence-corrected chi connectivity index (χ2v) is 7.18. The third-order valence-electron chi connectivity index (χ3n) is 3.04. The first kappa shape index (κ1) is 19.2. The van der Waals surface area contributed by atoms with E-state index in [1.807, 2.05) is 27.7 Å². The van der Waals surface area contributed by atoms with E-state index in [1.54, 1.807) is 0 Å². The minimum Gasteiger partial charge on any atom is -0.444 e. The summed E-state index contributed by atoms with van der Waals surface area (Å²) in [7, 11) is 0. The van der Waals surface area contributed by atoms with Gasteiger partial charge in [-0.2, -0.15) is 0 Å². The van der Waals surface area contributed by atoms with Crippen LogP contribution < -0.4 is 5.32 Å². The number of hydrogen-bond acceptors (Lipinski definition) is 4. The average Bonchev–Trinajstić information content (AvgIpc) is 2.23. The molecule has 0 aliphatic heterocycles. The van der Waals surface area contributed by atoms with E-state index in [4.69, 9.17) is 9.84 Å². The lowest BCUT2D eigenvalue weighted by molar-refractivity contribution is 0.0434. The highest BCUT2D eigenvalue weighted by Gasteiger charge is 2.29. The first-order chi connectivity index (χ1) is 8.99. The molecule has 0 aliphatic carbocycles. The van der Waals surface area contributed by atoms with E-state index in [9.17, 15) is 4.79 Å². The molecule has 5 nitrogen and oxygen atoms in total. The van der Waals surface area contributed by atoms with Crippen LogP contribution in [0, 0.1) is 5.41 Å².